The van der Waals surface area contributed by atoms with Crippen LogP contribution in [0.3, 0.4) is 0 Å². The summed E-state index contributed by atoms with van der Waals surface area (Å²) in [6.07, 6.45) is 2.93. The van der Waals surface area contributed by atoms with E-state index in [0.717, 1.165) is 22.3 Å². The molecule has 0 saturated carbocycles. The molecule has 0 spiro atoms. The second-order valence-electron chi connectivity index (χ2n) is 5.23. The van der Waals surface area contributed by atoms with Gasteiger partial charge in [-0.2, -0.15) is 10.2 Å². The number of amides is 2. The highest BCUT2D eigenvalue weighted by molar-refractivity contribution is 6.35. The molecule has 0 atom stereocenters. The summed E-state index contributed by atoms with van der Waals surface area (Å²) in [4.78, 5) is 23.2. The number of rotatable bonds is 4. The molecular weight excluding hydrogens is 304 g/mol. The molecule has 0 aliphatic rings. The van der Waals surface area contributed by atoms with Crippen LogP contribution < -0.4 is 10.9 Å². The van der Waals surface area contributed by atoms with Crippen molar-refractivity contribution in [1.29, 1.82) is 0 Å². The van der Waals surface area contributed by atoms with Gasteiger partial charge in [-0.3, -0.25) is 9.59 Å². The highest BCUT2D eigenvalue weighted by Gasteiger charge is 2.10. The molecular formula is C18H18N4O2. The minimum atomic E-state index is -0.889. The smallest absolute Gasteiger partial charge is 0.262 e. The summed E-state index contributed by atoms with van der Waals surface area (Å²) < 4.78 is 0. The van der Waals surface area contributed by atoms with Crippen LogP contribution in [-0.2, 0) is 9.59 Å². The lowest BCUT2D eigenvalue weighted by atomic mass is 10.2. The first kappa shape index (κ1) is 17.1. The van der Waals surface area contributed by atoms with Crippen molar-refractivity contribution in [1.82, 2.24) is 10.9 Å². The van der Waals surface area contributed by atoms with E-state index in [9.17, 15) is 9.59 Å². The van der Waals surface area contributed by atoms with Gasteiger partial charge < -0.3 is 0 Å². The Morgan fingerprint density at radius 2 is 1.21 bits per heavy atom. The van der Waals surface area contributed by atoms with Crippen molar-refractivity contribution in [2.45, 2.75) is 13.8 Å². The van der Waals surface area contributed by atoms with Gasteiger partial charge >= 0.3 is 11.8 Å². The Morgan fingerprint density at radius 3 is 1.58 bits per heavy atom. The summed E-state index contributed by atoms with van der Waals surface area (Å²) in [5.41, 5.74) is 8.11. The normalized spacial score (nSPS) is 10.9. The van der Waals surface area contributed by atoms with Crippen LogP contribution in [0.1, 0.15) is 22.3 Å². The fourth-order valence-electron chi connectivity index (χ4n) is 1.93. The summed E-state index contributed by atoms with van der Waals surface area (Å²) in [5, 5.41) is 7.49. The fraction of sp³-hybridized carbons (Fsp3) is 0.111. The van der Waals surface area contributed by atoms with Gasteiger partial charge in [0.2, 0.25) is 0 Å². The molecule has 0 heterocycles. The minimum Gasteiger partial charge on any atom is -0.262 e. The SMILES string of the molecule is Cc1cccc(/C=N/NC(=O)C(=O)N/N=C/c2cccc(C)c2)c1. The zero-order valence-corrected chi connectivity index (χ0v) is 13.5. The van der Waals surface area contributed by atoms with Gasteiger partial charge in [0, 0.05) is 0 Å². The molecule has 6 nitrogen and oxygen atoms in total. The predicted octanol–water partition coefficient (Wildman–Crippen LogP) is 1.90. The van der Waals surface area contributed by atoms with Crippen LogP contribution in [0.25, 0.3) is 0 Å². The second kappa shape index (κ2) is 8.38. The van der Waals surface area contributed by atoms with Crippen LogP contribution in [0, 0.1) is 13.8 Å². The molecule has 2 N–H and O–H groups in total. The Bertz CT molecular complexity index is 730. The Morgan fingerprint density at radius 1 is 0.792 bits per heavy atom. The number of nitrogens with zero attached hydrogens (tertiary/aromatic N) is 2. The molecule has 0 aromatic heterocycles. The van der Waals surface area contributed by atoms with Crippen molar-refractivity contribution in [2.75, 3.05) is 0 Å². The number of aryl methyl sites for hydroxylation is 2. The molecule has 122 valence electrons. The first-order valence-electron chi connectivity index (χ1n) is 7.34. The van der Waals surface area contributed by atoms with Gasteiger partial charge in [-0.25, -0.2) is 10.9 Å². The van der Waals surface area contributed by atoms with Gasteiger partial charge in [0.15, 0.2) is 0 Å². The zero-order valence-electron chi connectivity index (χ0n) is 13.5. The summed E-state index contributed by atoms with van der Waals surface area (Å²) in [5.74, 6) is -1.78. The molecule has 24 heavy (non-hydrogen) atoms. The predicted molar refractivity (Wildman–Crippen MR) is 93.8 cm³/mol. The monoisotopic (exact) mass is 322 g/mol. The molecule has 0 aliphatic carbocycles. The molecule has 2 aromatic rings. The third kappa shape index (κ3) is 5.49. The molecule has 0 saturated heterocycles. The Labute approximate surface area is 140 Å². The quantitative estimate of drug-likeness (QED) is 0.512. The summed E-state index contributed by atoms with van der Waals surface area (Å²) in [7, 11) is 0. The molecule has 2 aromatic carbocycles. The van der Waals surface area contributed by atoms with Crippen molar-refractivity contribution in [3.8, 4) is 0 Å². The molecule has 0 unspecified atom stereocenters. The Hall–Kier alpha value is -3.28. The van der Waals surface area contributed by atoms with Crippen LogP contribution >= 0.6 is 0 Å². The minimum absolute atomic E-state index is 0.827. The topological polar surface area (TPSA) is 82.9 Å². The third-order valence-electron chi connectivity index (χ3n) is 3.05. The van der Waals surface area contributed by atoms with Gasteiger partial charge in [-0.15, -0.1) is 0 Å². The van der Waals surface area contributed by atoms with E-state index in [1.165, 1.54) is 12.4 Å². The van der Waals surface area contributed by atoms with E-state index in [4.69, 9.17) is 0 Å². The average molecular weight is 322 g/mol. The molecule has 2 amide bonds. The largest absolute Gasteiger partial charge is 0.331 e. The highest BCUT2D eigenvalue weighted by Crippen LogP contribution is 2.01. The van der Waals surface area contributed by atoms with Gasteiger partial charge in [0.25, 0.3) is 0 Å². The molecule has 0 aliphatic heterocycles. The Balaban J connectivity index is 1.83. The number of carbonyl (C=O) groups is 2. The molecule has 0 bridgehead atoms. The third-order valence-corrected chi connectivity index (χ3v) is 3.05. The summed E-state index contributed by atoms with van der Waals surface area (Å²) in [6, 6.07) is 15.2. The van der Waals surface area contributed by atoms with Gasteiger partial charge in [0.1, 0.15) is 0 Å². The number of hydrazone groups is 2. The number of carbonyl (C=O) groups excluding carboxylic acids is 2. The maximum absolute atomic E-state index is 11.6. The highest BCUT2D eigenvalue weighted by atomic mass is 16.2. The number of hydrogen-bond donors (Lipinski definition) is 2. The zero-order chi connectivity index (χ0) is 17.4. The first-order chi connectivity index (χ1) is 11.5. The molecule has 6 heteroatoms. The average Bonchev–Trinajstić information content (AvgIpc) is 2.55. The van der Waals surface area contributed by atoms with Gasteiger partial charge in [-0.05, 0) is 25.0 Å². The van der Waals surface area contributed by atoms with Crippen molar-refractivity contribution in [3.63, 3.8) is 0 Å². The summed E-state index contributed by atoms with van der Waals surface area (Å²) >= 11 is 0. The van der Waals surface area contributed by atoms with Crippen molar-refractivity contribution in [3.05, 3.63) is 70.8 Å². The lowest BCUT2D eigenvalue weighted by Gasteiger charge is -1.99. The van der Waals surface area contributed by atoms with Crippen LogP contribution in [-0.4, -0.2) is 24.2 Å². The second-order valence-corrected chi connectivity index (χ2v) is 5.23. The van der Waals surface area contributed by atoms with E-state index >= 15 is 0 Å². The van der Waals surface area contributed by atoms with Gasteiger partial charge in [0.05, 0.1) is 12.4 Å². The fourth-order valence-corrected chi connectivity index (χ4v) is 1.93. The molecule has 0 fully saturated rings. The van der Waals surface area contributed by atoms with Crippen molar-refractivity contribution >= 4 is 24.2 Å². The van der Waals surface area contributed by atoms with E-state index in [2.05, 4.69) is 21.1 Å². The number of nitrogens with one attached hydrogen (secondary N) is 2. The van der Waals surface area contributed by atoms with Crippen LogP contribution in [0.4, 0.5) is 0 Å². The van der Waals surface area contributed by atoms with E-state index < -0.39 is 11.8 Å². The Kier molecular flexibility index (Phi) is 5.96. The number of benzene rings is 2. The maximum Gasteiger partial charge on any atom is 0.331 e. The first-order valence-corrected chi connectivity index (χ1v) is 7.34. The van der Waals surface area contributed by atoms with Crippen LogP contribution in [0.2, 0.25) is 0 Å². The van der Waals surface area contributed by atoms with E-state index in [0.29, 0.717) is 0 Å². The maximum atomic E-state index is 11.6. The van der Waals surface area contributed by atoms with E-state index in [1.54, 1.807) is 0 Å². The molecule has 2 rings (SSSR count). The molecule has 0 radical (unpaired) electrons. The van der Waals surface area contributed by atoms with Crippen LogP contribution in [0.15, 0.2) is 58.7 Å². The van der Waals surface area contributed by atoms with Crippen LogP contribution in [0.5, 0.6) is 0 Å². The van der Waals surface area contributed by atoms with E-state index in [1.807, 2.05) is 62.4 Å². The van der Waals surface area contributed by atoms with Gasteiger partial charge in [-0.1, -0.05) is 59.7 Å². The standard InChI is InChI=1S/C18H18N4O2/c1-13-5-3-7-15(9-13)11-19-21-17(23)18(24)22-20-12-16-8-4-6-14(2)10-16/h3-12H,1-2H3,(H,21,23)(H,22,24)/b19-11+,20-12+. The lowest BCUT2D eigenvalue weighted by Crippen LogP contribution is -2.35. The number of hydrogen-bond acceptors (Lipinski definition) is 4. The van der Waals surface area contributed by atoms with Crippen molar-refractivity contribution < 1.29 is 9.59 Å². The van der Waals surface area contributed by atoms with Crippen molar-refractivity contribution in [2.24, 2.45) is 10.2 Å². The summed E-state index contributed by atoms with van der Waals surface area (Å²) in [6.45, 7) is 3.91. The van der Waals surface area contributed by atoms with E-state index in [-0.39, 0.29) is 0 Å². The lowest BCUT2D eigenvalue weighted by molar-refractivity contribution is -0.139.